The second kappa shape index (κ2) is 13.9. The Morgan fingerprint density at radius 2 is 1.56 bits per heavy atom. The van der Waals surface area contributed by atoms with Crippen LogP contribution in [0.5, 0.6) is 0 Å². The van der Waals surface area contributed by atoms with Crippen molar-refractivity contribution in [3.8, 4) is 0 Å². The number of fused-ring (bicyclic) bond motifs is 1. The molecule has 5 heterocycles. The van der Waals surface area contributed by atoms with Crippen LogP contribution in [-0.4, -0.2) is 121 Å². The van der Waals surface area contributed by atoms with Crippen LogP contribution < -0.4 is 11.5 Å². The Kier molecular flexibility index (Phi) is 10.6. The minimum atomic E-state index is -5.52. The maximum atomic E-state index is 12.6. The van der Waals surface area contributed by atoms with Gasteiger partial charge in [-0.2, -0.15) is 4.31 Å². The van der Waals surface area contributed by atoms with Crippen LogP contribution >= 0.6 is 23.5 Å². The van der Waals surface area contributed by atoms with E-state index < -0.39 is 91.7 Å². The fourth-order valence-corrected chi connectivity index (χ4v) is 7.57. The summed E-state index contributed by atoms with van der Waals surface area (Å²) in [5.74, 6) is -0.791. The van der Waals surface area contributed by atoms with E-state index in [-0.39, 0.29) is 29.0 Å². The number of nitrogens with zero attached hydrogens (tertiary/aromatic N) is 5. The number of aliphatic hydroxyl groups excluding tert-OH is 3. The van der Waals surface area contributed by atoms with Gasteiger partial charge in [-0.15, -0.1) is 0 Å². The lowest BCUT2D eigenvalue weighted by atomic mass is 10.1. The topological polar surface area (TPSA) is 364 Å². The molecule has 2 aromatic rings. The lowest BCUT2D eigenvalue weighted by Crippen LogP contribution is -2.40. The van der Waals surface area contributed by atoms with Crippen LogP contribution in [0.15, 0.2) is 36.7 Å². The third-order valence-corrected chi connectivity index (χ3v) is 10.2. The summed E-state index contributed by atoms with van der Waals surface area (Å²) < 4.78 is 67.2. The molecule has 24 nitrogen and oxygen atoms in total. The van der Waals surface area contributed by atoms with Crippen molar-refractivity contribution in [3.63, 3.8) is 0 Å². The molecule has 2 aromatic heterocycles. The first kappa shape index (κ1) is 36.5. The lowest BCUT2D eigenvalue weighted by Gasteiger charge is -2.28. The van der Waals surface area contributed by atoms with Gasteiger partial charge < -0.3 is 60.7 Å². The third-order valence-electron chi connectivity index (χ3n) is 7.11. The molecule has 2 fully saturated rings. The van der Waals surface area contributed by atoms with E-state index >= 15 is 0 Å². The van der Waals surface area contributed by atoms with E-state index in [1.165, 1.54) is 23.4 Å². The number of carbonyl (C=O) groups is 1. The van der Waals surface area contributed by atoms with E-state index in [2.05, 4.69) is 23.8 Å². The molecule has 11 N–H and O–H groups in total. The Morgan fingerprint density at radius 1 is 0.938 bits per heavy atom. The molecule has 5 rings (SSSR count). The number of anilines is 1. The number of hydrogen-bond donors (Lipinski definition) is 9. The Hall–Kier alpha value is -2.73. The van der Waals surface area contributed by atoms with E-state index in [0.717, 1.165) is 17.2 Å². The minimum Gasteiger partial charge on any atom is -0.387 e. The van der Waals surface area contributed by atoms with E-state index in [1.54, 1.807) is 0 Å². The van der Waals surface area contributed by atoms with Crippen LogP contribution in [0.1, 0.15) is 12.6 Å². The third kappa shape index (κ3) is 8.17. The Labute approximate surface area is 268 Å². The summed E-state index contributed by atoms with van der Waals surface area (Å²) in [5, 5.41) is 31.5. The highest BCUT2D eigenvalue weighted by molar-refractivity contribution is 7.61. The zero-order valence-electron chi connectivity index (χ0n) is 24.1. The van der Waals surface area contributed by atoms with Gasteiger partial charge in [-0.3, -0.25) is 22.9 Å². The average molecular weight is 745 g/mol. The second-order valence-electron chi connectivity index (χ2n) is 10.4. The number of nitrogens with two attached hydrogens (primary N) is 2. The maximum Gasteiger partial charge on any atom is 0.481 e. The second-order valence-corrected chi connectivity index (χ2v) is 14.6. The number of nitrogen functional groups attached to an aromatic ring is 1. The van der Waals surface area contributed by atoms with Gasteiger partial charge in [0.15, 0.2) is 23.9 Å². The van der Waals surface area contributed by atoms with Gasteiger partial charge in [0.05, 0.1) is 19.5 Å². The van der Waals surface area contributed by atoms with Crippen molar-refractivity contribution in [1.82, 2.24) is 24.4 Å². The normalized spacial score (nSPS) is 31.9. The van der Waals surface area contributed by atoms with Gasteiger partial charge in [0.1, 0.15) is 48.5 Å². The van der Waals surface area contributed by atoms with Crippen LogP contribution in [0.25, 0.3) is 11.2 Å². The monoisotopic (exact) mass is 745 g/mol. The van der Waals surface area contributed by atoms with E-state index in [9.17, 15) is 53.4 Å². The Bertz CT molecular complexity index is 1740. The average Bonchev–Trinajstić information content (AvgIpc) is 3.64. The van der Waals surface area contributed by atoms with Crippen molar-refractivity contribution in [1.29, 1.82) is 0 Å². The predicted molar refractivity (Wildman–Crippen MR) is 153 cm³/mol. The van der Waals surface area contributed by atoms with E-state index in [4.69, 9.17) is 30.0 Å². The molecule has 0 saturated carbocycles. The van der Waals surface area contributed by atoms with Crippen molar-refractivity contribution in [2.24, 2.45) is 5.73 Å². The largest absolute Gasteiger partial charge is 0.481 e. The zero-order chi connectivity index (χ0) is 35.2. The molecular formula is C21H30N7O17P3. The Morgan fingerprint density at radius 3 is 2.19 bits per heavy atom. The number of aromatic nitrogens is 4. The van der Waals surface area contributed by atoms with E-state index in [1.807, 2.05) is 0 Å². The molecule has 0 spiro atoms. The first-order chi connectivity index (χ1) is 22.4. The minimum absolute atomic E-state index is 0.00424. The fourth-order valence-electron chi connectivity index (χ4n) is 4.93. The molecular weight excluding hydrogens is 715 g/mol. The van der Waals surface area contributed by atoms with Crippen LogP contribution in [0.3, 0.4) is 0 Å². The number of imidazole rings is 1. The highest BCUT2D eigenvalue weighted by Crippen LogP contribution is 2.61. The van der Waals surface area contributed by atoms with Gasteiger partial charge in [0.2, 0.25) is 5.91 Å². The highest BCUT2D eigenvalue weighted by Gasteiger charge is 2.51. The van der Waals surface area contributed by atoms with Gasteiger partial charge in [-0.1, -0.05) is 6.08 Å². The molecule has 2 saturated heterocycles. The Balaban J connectivity index is 1.20. The molecule has 3 aliphatic heterocycles. The summed E-state index contributed by atoms with van der Waals surface area (Å²) in [7, 11) is -16.3. The highest BCUT2D eigenvalue weighted by atomic mass is 31.3. The summed E-state index contributed by atoms with van der Waals surface area (Å²) in [5.41, 5.74) is 11.3. The zero-order valence-corrected chi connectivity index (χ0v) is 26.8. The van der Waals surface area contributed by atoms with Crippen LogP contribution in [-0.2, 0) is 45.8 Å². The molecule has 2 unspecified atom stereocenters. The van der Waals surface area contributed by atoms with Crippen molar-refractivity contribution in [2.75, 3.05) is 18.9 Å². The quantitative estimate of drug-likeness (QED) is 0.0951. The number of hydrogen-bond acceptors (Lipinski definition) is 18. The number of carbonyl (C=O) groups excluding carboxylic acids is 1. The summed E-state index contributed by atoms with van der Waals surface area (Å²) in [4.78, 5) is 63.4. The van der Waals surface area contributed by atoms with Crippen molar-refractivity contribution in [2.45, 2.75) is 55.5 Å². The van der Waals surface area contributed by atoms with Crippen molar-refractivity contribution < 1.29 is 80.7 Å². The molecule has 10 atom stereocenters. The number of allylic oxidation sites excluding steroid dienone is 1. The first-order valence-electron chi connectivity index (χ1n) is 13.5. The van der Waals surface area contributed by atoms with Gasteiger partial charge in [-0.05, 0) is 6.42 Å². The van der Waals surface area contributed by atoms with Crippen molar-refractivity contribution in [3.05, 3.63) is 36.7 Å². The molecule has 48 heavy (non-hydrogen) atoms. The molecule has 27 heteroatoms. The molecule has 0 bridgehead atoms. The molecule has 0 aliphatic carbocycles. The molecule has 0 radical (unpaired) electrons. The number of aliphatic hydroxyl groups is 3. The summed E-state index contributed by atoms with van der Waals surface area (Å²) in [6.45, 7) is -2.02. The summed E-state index contributed by atoms with van der Waals surface area (Å²) in [6.07, 6.45) is -6.47. The smallest absolute Gasteiger partial charge is 0.387 e. The van der Waals surface area contributed by atoms with Gasteiger partial charge in [0, 0.05) is 18.0 Å². The van der Waals surface area contributed by atoms with Crippen LogP contribution in [0.4, 0.5) is 5.82 Å². The molecule has 1 amide bonds. The standard InChI is InChI=1S/C21H30N7O17P3/c22-17-12-19(25-7-24-17)28(8-26-12)21-16(44-46(33,34)35)14(30)11(43-21)6-41-48(38,39)45-47(36,37)40-5-10-13(29)15(31)20(42-10)27-3-1-2-9(4-27)18(23)32/h1,3-4,7-8,10-11,13-16,20-21,29-31H,2,5-6H2,(H2,23,32)(H,36,37)(H,38,39)(H2,22,24,25)(H2,33,34,35)/t10-,11+,13+,14-,15+,16+,20-,21+/m1/s1. The van der Waals surface area contributed by atoms with Gasteiger partial charge in [0.25, 0.3) is 0 Å². The number of ether oxygens (including phenoxy) is 2. The first-order valence-corrected chi connectivity index (χ1v) is 18.0. The number of primary amides is 1. The molecule has 3 aliphatic rings. The van der Waals surface area contributed by atoms with Crippen LogP contribution in [0.2, 0.25) is 0 Å². The van der Waals surface area contributed by atoms with E-state index in [0.29, 0.717) is 0 Å². The predicted octanol–water partition coefficient (Wildman–Crippen LogP) is -2.57. The van der Waals surface area contributed by atoms with Crippen molar-refractivity contribution >= 4 is 46.4 Å². The maximum absolute atomic E-state index is 12.6. The van der Waals surface area contributed by atoms with Gasteiger partial charge >= 0.3 is 23.5 Å². The van der Waals surface area contributed by atoms with Gasteiger partial charge in [-0.25, -0.2) is 28.6 Å². The summed E-state index contributed by atoms with van der Waals surface area (Å²) in [6, 6.07) is 0. The number of amides is 1. The SMILES string of the molecule is NC(=O)C1=CN([C@@H]2O[C@H](COP(=O)(O)OP(=O)(O)OC[C@@H]3O[C@H](n4cnc5c(N)ncnc54)[C@@H](OP(=O)(O)O)[C@@H]3O)[C@H](O)[C@@H]2O)C=CC1. The number of phosphoric ester groups is 3. The molecule has 0 aromatic carbocycles. The molecule has 266 valence electrons. The number of rotatable bonds is 13. The summed E-state index contributed by atoms with van der Waals surface area (Å²) >= 11 is 0. The fraction of sp³-hybridized carbons (Fsp3) is 0.524. The number of phosphoric acid groups is 3. The lowest BCUT2D eigenvalue weighted by molar-refractivity contribution is -0.115. The van der Waals surface area contributed by atoms with Crippen LogP contribution in [0, 0.1) is 0 Å².